The van der Waals surface area contributed by atoms with Crippen LogP contribution in [0.4, 0.5) is 13.2 Å². The van der Waals surface area contributed by atoms with E-state index >= 15 is 0 Å². The van der Waals surface area contributed by atoms with Crippen LogP contribution < -0.4 is 9.47 Å². The number of carbonyl (C=O) groups excluding carboxylic acids is 2. The highest BCUT2D eigenvalue weighted by Crippen LogP contribution is 2.46. The van der Waals surface area contributed by atoms with Gasteiger partial charge in [0.05, 0.1) is 17.7 Å². The van der Waals surface area contributed by atoms with Gasteiger partial charge in [0.1, 0.15) is 30.5 Å². The maximum absolute atomic E-state index is 14.4. The molecule has 0 spiro atoms. The van der Waals surface area contributed by atoms with Crippen molar-refractivity contribution in [2.24, 2.45) is 5.41 Å². The van der Waals surface area contributed by atoms with Crippen molar-refractivity contribution in [1.29, 1.82) is 0 Å². The fourth-order valence-corrected chi connectivity index (χ4v) is 2.73. The SMILES string of the molecule is CC(=O)OCC1(COc2ccc(F)c(F)c2COc2ccc(F)cc2C=O)CC1. The zero-order chi connectivity index (χ0) is 21.0. The standard InChI is InChI=1S/C21H19F3O5/c1-13(26)28-11-21(6-7-21)12-29-19-5-3-17(23)20(24)16(19)10-27-18-4-2-15(22)8-14(18)9-25/h2-5,8-9H,6-7,10-12H2,1H3. The molecule has 0 saturated heterocycles. The van der Waals surface area contributed by atoms with E-state index in [1.54, 1.807) is 0 Å². The molecule has 0 amide bonds. The molecule has 0 radical (unpaired) electrons. The number of esters is 1. The maximum Gasteiger partial charge on any atom is 0.302 e. The largest absolute Gasteiger partial charge is 0.492 e. The second-order valence-electron chi connectivity index (χ2n) is 7.00. The van der Waals surface area contributed by atoms with Gasteiger partial charge in [-0.05, 0) is 43.2 Å². The molecule has 2 aromatic carbocycles. The third-order valence-corrected chi connectivity index (χ3v) is 4.70. The van der Waals surface area contributed by atoms with Crippen molar-refractivity contribution in [2.45, 2.75) is 26.4 Å². The van der Waals surface area contributed by atoms with Crippen molar-refractivity contribution in [3.05, 3.63) is 58.9 Å². The number of carbonyl (C=O) groups is 2. The van der Waals surface area contributed by atoms with Crippen molar-refractivity contribution in [3.8, 4) is 11.5 Å². The Morgan fingerprint density at radius 2 is 1.79 bits per heavy atom. The molecule has 2 aromatic rings. The van der Waals surface area contributed by atoms with Crippen molar-refractivity contribution < 1.29 is 37.0 Å². The van der Waals surface area contributed by atoms with Gasteiger partial charge in [0.25, 0.3) is 0 Å². The highest BCUT2D eigenvalue weighted by molar-refractivity contribution is 5.79. The zero-order valence-electron chi connectivity index (χ0n) is 15.7. The monoisotopic (exact) mass is 408 g/mol. The number of aldehydes is 1. The average molecular weight is 408 g/mol. The molecule has 3 rings (SSSR count). The highest BCUT2D eigenvalue weighted by Gasteiger charge is 2.45. The first-order valence-corrected chi connectivity index (χ1v) is 8.94. The maximum atomic E-state index is 14.4. The molecule has 1 aliphatic carbocycles. The van der Waals surface area contributed by atoms with E-state index in [2.05, 4.69) is 0 Å². The van der Waals surface area contributed by atoms with Crippen LogP contribution in [0.3, 0.4) is 0 Å². The van der Waals surface area contributed by atoms with Crippen LogP contribution in [0.1, 0.15) is 35.7 Å². The second-order valence-corrected chi connectivity index (χ2v) is 7.00. The summed E-state index contributed by atoms with van der Waals surface area (Å²) in [4.78, 5) is 22.1. The van der Waals surface area contributed by atoms with E-state index in [0.29, 0.717) is 6.29 Å². The lowest BCUT2D eigenvalue weighted by molar-refractivity contribution is -0.143. The molecular weight excluding hydrogens is 389 g/mol. The van der Waals surface area contributed by atoms with Crippen LogP contribution in [0.2, 0.25) is 0 Å². The molecule has 0 unspecified atom stereocenters. The van der Waals surface area contributed by atoms with Crippen LogP contribution >= 0.6 is 0 Å². The quantitative estimate of drug-likeness (QED) is 0.459. The van der Waals surface area contributed by atoms with Gasteiger partial charge in [0, 0.05) is 12.3 Å². The van der Waals surface area contributed by atoms with E-state index in [1.165, 1.54) is 19.1 Å². The number of hydrogen-bond acceptors (Lipinski definition) is 5. The minimum atomic E-state index is -1.14. The summed E-state index contributed by atoms with van der Waals surface area (Å²) in [7, 11) is 0. The summed E-state index contributed by atoms with van der Waals surface area (Å²) in [5.74, 6) is -3.13. The third-order valence-electron chi connectivity index (χ3n) is 4.70. The molecule has 0 aromatic heterocycles. The summed E-state index contributed by atoms with van der Waals surface area (Å²) < 4.78 is 57.5. The minimum Gasteiger partial charge on any atom is -0.492 e. The molecule has 29 heavy (non-hydrogen) atoms. The van der Waals surface area contributed by atoms with Gasteiger partial charge in [0.15, 0.2) is 17.9 Å². The summed E-state index contributed by atoms with van der Waals surface area (Å²) in [6.07, 6.45) is 1.98. The Hall–Kier alpha value is -3.03. The molecule has 1 aliphatic rings. The number of rotatable bonds is 9. The molecule has 0 heterocycles. The average Bonchev–Trinajstić information content (AvgIpc) is 3.47. The van der Waals surface area contributed by atoms with Gasteiger partial charge in [-0.2, -0.15) is 0 Å². The minimum absolute atomic E-state index is 0.0320. The molecule has 154 valence electrons. The summed E-state index contributed by atoms with van der Waals surface area (Å²) in [5, 5.41) is 0. The van der Waals surface area contributed by atoms with Gasteiger partial charge in [-0.15, -0.1) is 0 Å². The Bertz CT molecular complexity index is 925. The summed E-state index contributed by atoms with van der Waals surface area (Å²) >= 11 is 0. The number of benzene rings is 2. The van der Waals surface area contributed by atoms with Crippen LogP contribution in [-0.2, 0) is 16.1 Å². The van der Waals surface area contributed by atoms with Crippen molar-refractivity contribution in [1.82, 2.24) is 0 Å². The summed E-state index contributed by atoms with van der Waals surface area (Å²) in [6, 6.07) is 5.52. The van der Waals surface area contributed by atoms with Gasteiger partial charge >= 0.3 is 5.97 Å². The molecule has 0 N–H and O–H groups in total. The van der Waals surface area contributed by atoms with E-state index in [-0.39, 0.29) is 41.3 Å². The van der Waals surface area contributed by atoms with E-state index < -0.39 is 30.0 Å². The fraction of sp³-hybridized carbons (Fsp3) is 0.333. The van der Waals surface area contributed by atoms with Crippen molar-refractivity contribution >= 4 is 12.3 Å². The Labute approximate surface area is 165 Å². The zero-order valence-corrected chi connectivity index (χ0v) is 15.7. The molecule has 1 fully saturated rings. The Morgan fingerprint density at radius 3 is 2.45 bits per heavy atom. The van der Waals surface area contributed by atoms with Crippen molar-refractivity contribution in [2.75, 3.05) is 13.2 Å². The number of ether oxygens (including phenoxy) is 3. The molecule has 0 aliphatic heterocycles. The van der Waals surface area contributed by atoms with E-state index in [0.717, 1.165) is 31.0 Å². The fourth-order valence-electron chi connectivity index (χ4n) is 2.73. The first kappa shape index (κ1) is 20.7. The Balaban J connectivity index is 1.74. The first-order valence-electron chi connectivity index (χ1n) is 8.94. The molecule has 0 bridgehead atoms. The van der Waals surface area contributed by atoms with Crippen LogP contribution in [-0.4, -0.2) is 25.5 Å². The van der Waals surface area contributed by atoms with E-state index in [9.17, 15) is 22.8 Å². The van der Waals surface area contributed by atoms with E-state index in [4.69, 9.17) is 14.2 Å². The number of halogens is 3. The van der Waals surface area contributed by atoms with E-state index in [1.807, 2.05) is 0 Å². The second kappa shape index (κ2) is 8.55. The predicted octanol–water partition coefficient (Wildman–Crippen LogP) is 4.22. The molecular formula is C21H19F3O5. The molecule has 8 heteroatoms. The van der Waals surface area contributed by atoms with Crippen LogP contribution in [0.15, 0.2) is 30.3 Å². The Morgan fingerprint density at radius 1 is 1.07 bits per heavy atom. The van der Waals surface area contributed by atoms with Crippen LogP contribution in [0.5, 0.6) is 11.5 Å². The molecule has 0 atom stereocenters. The van der Waals surface area contributed by atoms with Crippen LogP contribution in [0.25, 0.3) is 0 Å². The van der Waals surface area contributed by atoms with Gasteiger partial charge in [-0.25, -0.2) is 13.2 Å². The lowest BCUT2D eigenvalue weighted by atomic mass is 10.1. The van der Waals surface area contributed by atoms with Gasteiger partial charge in [0.2, 0.25) is 0 Å². The smallest absolute Gasteiger partial charge is 0.302 e. The predicted molar refractivity (Wildman–Crippen MR) is 96.3 cm³/mol. The lowest BCUT2D eigenvalue weighted by Crippen LogP contribution is -2.21. The number of hydrogen-bond donors (Lipinski definition) is 0. The Kier molecular flexibility index (Phi) is 6.10. The highest BCUT2D eigenvalue weighted by atomic mass is 19.2. The van der Waals surface area contributed by atoms with Gasteiger partial charge in [-0.3, -0.25) is 9.59 Å². The van der Waals surface area contributed by atoms with Gasteiger partial charge in [-0.1, -0.05) is 0 Å². The van der Waals surface area contributed by atoms with Gasteiger partial charge < -0.3 is 14.2 Å². The normalized spacial score (nSPS) is 14.2. The topological polar surface area (TPSA) is 61.8 Å². The lowest BCUT2D eigenvalue weighted by Gasteiger charge is -2.18. The molecule has 5 nitrogen and oxygen atoms in total. The summed E-state index contributed by atoms with van der Waals surface area (Å²) in [5.41, 5.74) is -0.562. The third kappa shape index (κ3) is 5.07. The summed E-state index contributed by atoms with van der Waals surface area (Å²) in [6.45, 7) is 1.23. The molecule has 1 saturated carbocycles. The van der Waals surface area contributed by atoms with Crippen LogP contribution in [0, 0.1) is 22.9 Å². The van der Waals surface area contributed by atoms with Crippen molar-refractivity contribution in [3.63, 3.8) is 0 Å². The first-order chi connectivity index (χ1) is 13.8.